The zero-order valence-corrected chi connectivity index (χ0v) is 26.9. The molecule has 1 amide bonds. The molecule has 2 atom stereocenters. The van der Waals surface area contributed by atoms with E-state index in [0.29, 0.717) is 63.6 Å². The number of nitrogens with two attached hydrogens (primary N) is 1. The number of halogens is 2. The first-order valence-corrected chi connectivity index (χ1v) is 15.4. The van der Waals surface area contributed by atoms with E-state index in [4.69, 9.17) is 38.9 Å². The fraction of sp³-hybridized carbons (Fsp3) is 0.333. The van der Waals surface area contributed by atoms with Crippen LogP contribution >= 0.6 is 23.2 Å². The van der Waals surface area contributed by atoms with E-state index in [0.717, 1.165) is 22.3 Å². The summed E-state index contributed by atoms with van der Waals surface area (Å²) in [5, 5.41) is 1.54. The van der Waals surface area contributed by atoms with Crippen molar-refractivity contribution in [3.05, 3.63) is 80.8 Å². The molecule has 228 valence electrons. The molecule has 0 bridgehead atoms. The van der Waals surface area contributed by atoms with Crippen LogP contribution in [0.25, 0.3) is 28.0 Å². The van der Waals surface area contributed by atoms with Gasteiger partial charge < -0.3 is 20.4 Å². The minimum Gasteiger partial charge on any atom is -0.399 e. The van der Waals surface area contributed by atoms with Crippen LogP contribution in [0.1, 0.15) is 37.9 Å². The number of carbonyl (C=O) groups is 1. The first-order chi connectivity index (χ1) is 20.9. The van der Waals surface area contributed by atoms with Gasteiger partial charge in [0.15, 0.2) is 0 Å². The Bertz CT molecular complexity index is 1900. The van der Waals surface area contributed by atoms with E-state index in [2.05, 4.69) is 25.3 Å². The van der Waals surface area contributed by atoms with Crippen molar-refractivity contribution in [1.82, 2.24) is 19.4 Å². The summed E-state index contributed by atoms with van der Waals surface area (Å²) in [5.41, 5.74) is 11.6. The quantitative estimate of drug-likeness (QED) is 0.224. The van der Waals surface area contributed by atoms with E-state index in [-0.39, 0.29) is 29.5 Å². The molecule has 0 radical (unpaired) electrons. The number of hydrogen-bond acceptors (Lipinski definition) is 7. The Morgan fingerprint density at radius 2 is 1.84 bits per heavy atom. The summed E-state index contributed by atoms with van der Waals surface area (Å²) < 4.78 is 1.68. The van der Waals surface area contributed by atoms with E-state index < -0.39 is 0 Å². The number of rotatable bonds is 4. The molecular weight excluding hydrogens is 597 g/mol. The first-order valence-electron chi connectivity index (χ1n) is 14.6. The molecule has 11 heteroatoms. The summed E-state index contributed by atoms with van der Waals surface area (Å²) in [6, 6.07) is 8.78. The Balaban J connectivity index is 1.72. The Labute approximate surface area is 266 Å². The van der Waals surface area contributed by atoms with Crippen LogP contribution in [-0.2, 0) is 4.79 Å². The lowest BCUT2D eigenvalue weighted by molar-refractivity contribution is -0.128. The normalized spacial score (nSPS) is 18.0. The average Bonchev–Trinajstić information content (AvgIpc) is 2.98. The number of nitrogens with zero attached hydrogens (tertiary/aromatic N) is 6. The number of aromatic nitrogens is 3. The van der Waals surface area contributed by atoms with Crippen LogP contribution in [0.4, 0.5) is 17.1 Å². The van der Waals surface area contributed by atoms with E-state index >= 15 is 0 Å². The molecule has 44 heavy (non-hydrogen) atoms. The molecule has 0 saturated carbocycles. The molecule has 4 aromatic rings. The van der Waals surface area contributed by atoms with Crippen LogP contribution < -0.4 is 21.1 Å². The lowest BCUT2D eigenvalue weighted by atomic mass is 9.98. The molecule has 0 aliphatic carbocycles. The molecule has 2 unspecified atom stereocenters. The van der Waals surface area contributed by atoms with Crippen molar-refractivity contribution < 1.29 is 4.79 Å². The third-order valence-corrected chi connectivity index (χ3v) is 9.29. The minimum atomic E-state index is -0.205. The number of pyridine rings is 3. The number of anilines is 3. The first kappa shape index (κ1) is 30.0. The fourth-order valence-corrected chi connectivity index (χ4v) is 7.06. The van der Waals surface area contributed by atoms with Crippen LogP contribution in [0.5, 0.6) is 0 Å². The van der Waals surface area contributed by atoms with Gasteiger partial charge in [-0.2, -0.15) is 0 Å². The number of carbonyl (C=O) groups excluding carboxylic acids is 1. The van der Waals surface area contributed by atoms with Gasteiger partial charge in [0.1, 0.15) is 11.3 Å². The van der Waals surface area contributed by atoms with Crippen molar-refractivity contribution in [2.75, 3.05) is 42.2 Å². The molecule has 0 spiro atoms. The fourth-order valence-electron chi connectivity index (χ4n) is 6.60. The Hall–Kier alpha value is -4.08. The average molecular weight is 633 g/mol. The molecule has 1 aromatic carbocycles. The summed E-state index contributed by atoms with van der Waals surface area (Å²) in [4.78, 5) is 43.5. The topological polar surface area (TPSA) is 101 Å². The number of aryl methyl sites for hydroxylation is 1. The third-order valence-electron chi connectivity index (χ3n) is 8.68. The van der Waals surface area contributed by atoms with Gasteiger partial charge in [0.05, 0.1) is 38.8 Å². The maximum absolute atomic E-state index is 14.9. The maximum Gasteiger partial charge on any atom is 0.282 e. The van der Waals surface area contributed by atoms with E-state index in [1.165, 1.54) is 6.08 Å². The summed E-state index contributed by atoms with van der Waals surface area (Å²) in [6.45, 7) is 13.4. The van der Waals surface area contributed by atoms with Crippen molar-refractivity contribution in [3.63, 3.8) is 0 Å². The molecule has 5 heterocycles. The number of hydrogen-bond donors (Lipinski definition) is 1. The molecule has 9 nitrogen and oxygen atoms in total. The lowest BCUT2D eigenvalue weighted by Gasteiger charge is -2.51. The lowest BCUT2D eigenvalue weighted by Crippen LogP contribution is -2.64. The highest BCUT2D eigenvalue weighted by molar-refractivity contribution is 6.37. The standard InChI is InChI=1S/C33H35Cl2N7O2/c1-7-26(43)40-16-21-15-39(6)31-30(41(21)14-19(40)5)23-13-25(35)28(22-12-20(36)8-9-24(22)34)38-32(23)42(33(31)44)29-18(4)10-11-37-27(29)17(2)3/h7-13,17,19,21H,1,14-16,36H2,2-6H3. The highest BCUT2D eigenvalue weighted by Crippen LogP contribution is 2.44. The van der Waals surface area contributed by atoms with Gasteiger partial charge in [0.25, 0.3) is 5.56 Å². The molecule has 1 fully saturated rings. The molecule has 2 N–H and O–H groups in total. The molecule has 6 rings (SSSR count). The summed E-state index contributed by atoms with van der Waals surface area (Å²) >= 11 is 13.7. The second-order valence-corrected chi connectivity index (χ2v) is 12.8. The van der Waals surface area contributed by atoms with E-state index in [9.17, 15) is 9.59 Å². The minimum absolute atomic E-state index is 0.0384. The van der Waals surface area contributed by atoms with Gasteiger partial charge in [-0.05, 0) is 61.7 Å². The van der Waals surface area contributed by atoms with Crippen LogP contribution in [-0.4, -0.2) is 64.1 Å². The van der Waals surface area contributed by atoms with Gasteiger partial charge >= 0.3 is 0 Å². The van der Waals surface area contributed by atoms with Crippen molar-refractivity contribution in [1.29, 1.82) is 0 Å². The molecular formula is C33H35Cl2N7O2. The van der Waals surface area contributed by atoms with Gasteiger partial charge in [0.2, 0.25) is 5.91 Å². The van der Waals surface area contributed by atoms with Gasteiger partial charge in [-0.1, -0.05) is 43.6 Å². The van der Waals surface area contributed by atoms with Gasteiger partial charge in [-0.15, -0.1) is 0 Å². The number of nitrogen functional groups attached to an aromatic ring is 1. The molecule has 3 aromatic heterocycles. The summed E-state index contributed by atoms with van der Waals surface area (Å²) in [5.74, 6) is -0.0658. The zero-order valence-electron chi connectivity index (χ0n) is 25.4. The number of benzene rings is 1. The highest BCUT2D eigenvalue weighted by atomic mass is 35.5. The van der Waals surface area contributed by atoms with Crippen molar-refractivity contribution in [2.24, 2.45) is 0 Å². The van der Waals surface area contributed by atoms with Gasteiger partial charge in [-0.25, -0.2) is 4.98 Å². The predicted octanol–water partition coefficient (Wildman–Crippen LogP) is 5.81. The SMILES string of the molecule is C=CC(=O)N1CC2CN(C)c3c(c4cc(Cl)c(-c5cc(N)ccc5Cl)nc4n(-c4c(C)ccnc4C(C)C)c3=O)N2CC1C. The Morgan fingerprint density at radius 3 is 2.55 bits per heavy atom. The van der Waals surface area contributed by atoms with Crippen LogP contribution in [0.15, 0.2) is 54.0 Å². The second-order valence-electron chi connectivity index (χ2n) is 12.0. The monoisotopic (exact) mass is 631 g/mol. The number of piperazine rings is 1. The molecule has 1 saturated heterocycles. The van der Waals surface area contributed by atoms with Crippen molar-refractivity contribution in [3.8, 4) is 16.9 Å². The van der Waals surface area contributed by atoms with Gasteiger partial charge in [-0.3, -0.25) is 19.1 Å². The smallest absolute Gasteiger partial charge is 0.282 e. The highest BCUT2D eigenvalue weighted by Gasteiger charge is 2.41. The predicted molar refractivity (Wildman–Crippen MR) is 180 cm³/mol. The maximum atomic E-state index is 14.9. The van der Waals surface area contributed by atoms with E-state index in [1.807, 2.05) is 42.8 Å². The van der Waals surface area contributed by atoms with Crippen LogP contribution in [0, 0.1) is 6.92 Å². The summed E-state index contributed by atoms with van der Waals surface area (Å²) in [7, 11) is 1.92. The molecule has 2 aliphatic heterocycles. The largest absolute Gasteiger partial charge is 0.399 e. The third kappa shape index (κ3) is 4.70. The van der Waals surface area contributed by atoms with Gasteiger partial charge in [0, 0.05) is 55.6 Å². The van der Waals surface area contributed by atoms with Crippen LogP contribution in [0.3, 0.4) is 0 Å². The van der Waals surface area contributed by atoms with Crippen molar-refractivity contribution in [2.45, 2.75) is 45.7 Å². The second kappa shape index (κ2) is 11.1. The van der Waals surface area contributed by atoms with Crippen molar-refractivity contribution >= 4 is 57.2 Å². The Kier molecular flexibility index (Phi) is 7.58. The van der Waals surface area contributed by atoms with Crippen LogP contribution in [0.2, 0.25) is 10.0 Å². The number of amides is 1. The molecule has 2 aliphatic rings. The number of likely N-dealkylation sites (N-methyl/N-ethyl adjacent to an activating group) is 1. The summed E-state index contributed by atoms with van der Waals surface area (Å²) in [6.07, 6.45) is 3.13. The number of fused-ring (bicyclic) bond motifs is 5. The Morgan fingerprint density at radius 1 is 1.09 bits per heavy atom. The zero-order chi connectivity index (χ0) is 31.6. The van der Waals surface area contributed by atoms with E-state index in [1.54, 1.807) is 29.0 Å².